The summed E-state index contributed by atoms with van der Waals surface area (Å²) in [5.74, 6) is 4.49. The molecule has 0 unspecified atom stereocenters. The van der Waals surface area contributed by atoms with Crippen molar-refractivity contribution in [2.75, 3.05) is 6.61 Å². The predicted octanol–water partition coefficient (Wildman–Crippen LogP) is 1.06. The number of nitrogens with zero attached hydrogens (tertiary/aromatic N) is 1. The number of carbonyl (C=O) groups is 1. The maximum absolute atomic E-state index is 10.7. The second-order valence-electron chi connectivity index (χ2n) is 1.84. The van der Waals surface area contributed by atoms with Crippen LogP contribution in [0.5, 0.6) is 0 Å². The third kappa shape index (κ3) is 2.72. The van der Waals surface area contributed by atoms with Gasteiger partial charge in [0, 0.05) is 5.92 Å². The van der Waals surface area contributed by atoms with Crippen LogP contribution in [-0.4, -0.2) is 17.6 Å². The number of aromatic nitrogens is 1. The van der Waals surface area contributed by atoms with E-state index >= 15 is 0 Å². The van der Waals surface area contributed by atoms with Gasteiger partial charge < -0.3 is 4.74 Å². The summed E-state index contributed by atoms with van der Waals surface area (Å²) < 4.78 is 4.61. The molecule has 62 valence electrons. The van der Waals surface area contributed by atoms with Gasteiger partial charge in [-0.3, -0.25) is 4.98 Å². The number of rotatable bonds is 1. The Bertz CT molecular complexity index is 308. The summed E-state index contributed by atoms with van der Waals surface area (Å²) in [7, 11) is 0. The summed E-state index contributed by atoms with van der Waals surface area (Å²) in [5, 5.41) is 0. The van der Waals surface area contributed by atoms with Crippen LogP contribution in [-0.2, 0) is 9.53 Å². The minimum Gasteiger partial charge on any atom is -0.456 e. The molecule has 0 amide bonds. The average molecular weight is 181 g/mol. The van der Waals surface area contributed by atoms with E-state index in [1.54, 1.807) is 18.6 Å². The second kappa shape index (κ2) is 4.52. The van der Waals surface area contributed by atoms with Gasteiger partial charge in [-0.2, -0.15) is 0 Å². The Morgan fingerprint density at radius 1 is 1.83 bits per heavy atom. The fourth-order valence-electron chi connectivity index (χ4n) is 0.557. The third-order valence-corrected chi connectivity index (χ3v) is 1.68. The van der Waals surface area contributed by atoms with Crippen molar-refractivity contribution >= 4 is 17.3 Å². The van der Waals surface area contributed by atoms with E-state index in [4.69, 9.17) is 0 Å². The highest BCUT2D eigenvalue weighted by atomic mass is 32.1. The first-order chi connectivity index (χ1) is 5.83. The fraction of sp³-hybridized carbons (Fsp3) is 0.250. The molecular weight excluding hydrogens is 174 g/mol. The lowest BCUT2D eigenvalue weighted by atomic mass is 10.5. The van der Waals surface area contributed by atoms with Gasteiger partial charge in [0.05, 0.1) is 23.2 Å². The Hall–Kier alpha value is -1.34. The van der Waals surface area contributed by atoms with Gasteiger partial charge in [-0.15, -0.1) is 11.3 Å². The molecule has 0 saturated carbocycles. The summed E-state index contributed by atoms with van der Waals surface area (Å²) in [6.07, 6.45) is 1.61. The van der Waals surface area contributed by atoms with Crippen molar-refractivity contribution in [1.82, 2.24) is 4.98 Å². The van der Waals surface area contributed by atoms with Gasteiger partial charge in [-0.25, -0.2) is 4.79 Å². The van der Waals surface area contributed by atoms with Crippen molar-refractivity contribution in [3.8, 4) is 11.8 Å². The van der Waals surface area contributed by atoms with Gasteiger partial charge in [0.15, 0.2) is 0 Å². The van der Waals surface area contributed by atoms with Gasteiger partial charge >= 0.3 is 5.97 Å². The largest absolute Gasteiger partial charge is 0.456 e. The summed E-state index contributed by atoms with van der Waals surface area (Å²) in [6, 6.07) is 0. The van der Waals surface area contributed by atoms with E-state index in [-0.39, 0.29) is 0 Å². The van der Waals surface area contributed by atoms with Crippen LogP contribution >= 0.6 is 11.3 Å². The van der Waals surface area contributed by atoms with Crippen molar-refractivity contribution in [2.45, 2.75) is 6.92 Å². The third-order valence-electron chi connectivity index (χ3n) is 0.996. The number of hydrogen-bond acceptors (Lipinski definition) is 4. The molecule has 0 radical (unpaired) electrons. The van der Waals surface area contributed by atoms with Crippen LogP contribution < -0.4 is 0 Å². The summed E-state index contributed by atoms with van der Waals surface area (Å²) in [4.78, 5) is 15.3. The number of hydrogen-bond donors (Lipinski definition) is 0. The van der Waals surface area contributed by atoms with E-state index < -0.39 is 5.97 Å². The first kappa shape index (κ1) is 8.75. The number of thiazole rings is 1. The van der Waals surface area contributed by atoms with Crippen molar-refractivity contribution < 1.29 is 9.53 Å². The molecule has 0 saturated heterocycles. The lowest BCUT2D eigenvalue weighted by Crippen LogP contribution is -1.99. The lowest BCUT2D eigenvalue weighted by Gasteiger charge is -1.89. The molecule has 1 aromatic rings. The number of carbonyl (C=O) groups excluding carboxylic acids is 1. The van der Waals surface area contributed by atoms with Crippen LogP contribution in [0, 0.1) is 11.8 Å². The zero-order chi connectivity index (χ0) is 8.81. The molecule has 3 nitrogen and oxygen atoms in total. The van der Waals surface area contributed by atoms with E-state index in [0.717, 1.165) is 4.88 Å². The van der Waals surface area contributed by atoms with Crippen LogP contribution in [0.1, 0.15) is 11.8 Å². The minimum absolute atomic E-state index is 0.357. The van der Waals surface area contributed by atoms with Crippen molar-refractivity contribution in [3.05, 3.63) is 16.6 Å². The molecule has 0 bridgehead atoms. The normalized spacial score (nSPS) is 8.42. The second-order valence-corrected chi connectivity index (χ2v) is 2.72. The summed E-state index contributed by atoms with van der Waals surface area (Å²) in [5.41, 5.74) is 1.66. The molecule has 0 aliphatic heterocycles. The van der Waals surface area contributed by atoms with Crippen LogP contribution in [0.15, 0.2) is 11.7 Å². The zero-order valence-corrected chi connectivity index (χ0v) is 7.35. The molecule has 0 N–H and O–H groups in total. The quantitative estimate of drug-likeness (QED) is 0.480. The molecule has 0 atom stereocenters. The molecule has 0 spiro atoms. The Labute approximate surface area is 74.4 Å². The minimum atomic E-state index is -0.495. The molecule has 1 heterocycles. The summed E-state index contributed by atoms with van der Waals surface area (Å²) in [6.45, 7) is 2.10. The van der Waals surface area contributed by atoms with Crippen molar-refractivity contribution in [2.24, 2.45) is 0 Å². The highest BCUT2D eigenvalue weighted by Gasteiger charge is 1.92. The van der Waals surface area contributed by atoms with Gasteiger partial charge in [-0.1, -0.05) is 0 Å². The van der Waals surface area contributed by atoms with E-state index in [0.29, 0.717) is 6.61 Å². The Balaban J connectivity index is 2.54. The van der Waals surface area contributed by atoms with E-state index in [1.807, 2.05) is 0 Å². The smallest absolute Gasteiger partial charge is 0.384 e. The monoisotopic (exact) mass is 181 g/mol. The fourth-order valence-corrected chi connectivity index (χ4v) is 1.02. The van der Waals surface area contributed by atoms with Crippen LogP contribution in [0.2, 0.25) is 0 Å². The Morgan fingerprint density at radius 2 is 2.67 bits per heavy atom. The maximum atomic E-state index is 10.7. The Morgan fingerprint density at radius 3 is 3.25 bits per heavy atom. The maximum Gasteiger partial charge on any atom is 0.384 e. The molecule has 1 rings (SSSR count). The topological polar surface area (TPSA) is 39.2 Å². The van der Waals surface area contributed by atoms with Crippen LogP contribution in [0.4, 0.5) is 0 Å². The zero-order valence-electron chi connectivity index (χ0n) is 6.53. The van der Waals surface area contributed by atoms with Crippen molar-refractivity contribution in [3.63, 3.8) is 0 Å². The van der Waals surface area contributed by atoms with E-state index in [2.05, 4.69) is 21.6 Å². The standard InChI is InChI=1S/C8H7NO2S/c1-2-11-8(10)4-3-7-5-9-6-12-7/h5-6H,2H2,1H3. The highest BCUT2D eigenvalue weighted by molar-refractivity contribution is 7.10. The van der Waals surface area contributed by atoms with E-state index in [1.165, 1.54) is 11.3 Å². The van der Waals surface area contributed by atoms with Gasteiger partial charge in [0.2, 0.25) is 0 Å². The SMILES string of the molecule is CCOC(=O)C#Cc1cncs1. The molecule has 0 aliphatic carbocycles. The Kier molecular flexibility index (Phi) is 3.30. The first-order valence-electron chi connectivity index (χ1n) is 3.40. The van der Waals surface area contributed by atoms with Gasteiger partial charge in [0.1, 0.15) is 0 Å². The van der Waals surface area contributed by atoms with Crippen molar-refractivity contribution in [1.29, 1.82) is 0 Å². The van der Waals surface area contributed by atoms with Crippen LogP contribution in [0.3, 0.4) is 0 Å². The molecule has 0 aliphatic rings. The number of ether oxygens (including phenoxy) is 1. The van der Waals surface area contributed by atoms with E-state index in [9.17, 15) is 4.79 Å². The van der Waals surface area contributed by atoms with Gasteiger partial charge in [-0.05, 0) is 12.8 Å². The van der Waals surface area contributed by atoms with Crippen LogP contribution in [0.25, 0.3) is 0 Å². The molecule has 0 aromatic carbocycles. The molecule has 12 heavy (non-hydrogen) atoms. The molecule has 4 heteroatoms. The predicted molar refractivity (Wildman–Crippen MR) is 45.6 cm³/mol. The first-order valence-corrected chi connectivity index (χ1v) is 4.28. The number of esters is 1. The van der Waals surface area contributed by atoms with Gasteiger partial charge in [0.25, 0.3) is 0 Å². The molecule has 1 aromatic heterocycles. The summed E-state index contributed by atoms with van der Waals surface area (Å²) >= 11 is 1.39. The lowest BCUT2D eigenvalue weighted by molar-refractivity contribution is -0.136. The highest BCUT2D eigenvalue weighted by Crippen LogP contribution is 2.01. The average Bonchev–Trinajstić information content (AvgIpc) is 2.53. The molecular formula is C8H7NO2S. The molecule has 0 fully saturated rings.